The standard InChI is InChI=1S/C12H13F3N2O2/c13-12(14,15)8-3-2-6-17(7-8)10-5-1-4-9(16-10)11(18)19/h1,4-5,8H,2-3,6-7H2,(H,18,19). The molecular formula is C12H13F3N2O2. The summed E-state index contributed by atoms with van der Waals surface area (Å²) in [5.74, 6) is -2.28. The van der Waals surface area contributed by atoms with E-state index in [0.29, 0.717) is 13.0 Å². The van der Waals surface area contributed by atoms with E-state index in [4.69, 9.17) is 5.11 Å². The number of pyridine rings is 1. The zero-order valence-electron chi connectivity index (χ0n) is 10.0. The van der Waals surface area contributed by atoms with Crippen molar-refractivity contribution >= 4 is 11.8 Å². The Kier molecular flexibility index (Phi) is 3.64. The number of carboxylic acids is 1. The zero-order valence-corrected chi connectivity index (χ0v) is 10.0. The first-order valence-corrected chi connectivity index (χ1v) is 5.90. The van der Waals surface area contributed by atoms with Crippen LogP contribution in [-0.2, 0) is 0 Å². The molecule has 1 aromatic rings. The van der Waals surface area contributed by atoms with E-state index in [1.54, 1.807) is 0 Å². The number of carbonyl (C=O) groups is 1. The molecule has 0 amide bonds. The smallest absolute Gasteiger partial charge is 0.393 e. The molecule has 0 radical (unpaired) electrons. The number of aromatic carboxylic acids is 1. The highest BCUT2D eigenvalue weighted by atomic mass is 19.4. The highest BCUT2D eigenvalue weighted by Gasteiger charge is 2.42. The molecule has 1 fully saturated rings. The molecule has 0 aliphatic carbocycles. The van der Waals surface area contributed by atoms with E-state index in [1.165, 1.54) is 23.1 Å². The average molecular weight is 274 g/mol. The third-order valence-electron chi connectivity index (χ3n) is 3.16. The molecule has 1 N–H and O–H groups in total. The van der Waals surface area contributed by atoms with Crippen molar-refractivity contribution in [1.29, 1.82) is 0 Å². The van der Waals surface area contributed by atoms with Gasteiger partial charge >= 0.3 is 12.1 Å². The maximum absolute atomic E-state index is 12.7. The lowest BCUT2D eigenvalue weighted by Crippen LogP contribution is -2.42. The van der Waals surface area contributed by atoms with E-state index >= 15 is 0 Å². The minimum absolute atomic E-state index is 0.110. The van der Waals surface area contributed by atoms with Crippen LogP contribution in [0.5, 0.6) is 0 Å². The largest absolute Gasteiger partial charge is 0.477 e. The van der Waals surface area contributed by atoms with E-state index < -0.39 is 18.1 Å². The first kappa shape index (κ1) is 13.6. The molecule has 1 atom stereocenters. The number of rotatable bonds is 2. The Bertz CT molecular complexity index is 476. The van der Waals surface area contributed by atoms with E-state index in [1.807, 2.05) is 0 Å². The van der Waals surface area contributed by atoms with Crippen LogP contribution in [0.4, 0.5) is 19.0 Å². The van der Waals surface area contributed by atoms with Crippen LogP contribution >= 0.6 is 0 Å². The monoisotopic (exact) mass is 274 g/mol. The van der Waals surface area contributed by atoms with Crippen molar-refractivity contribution in [3.8, 4) is 0 Å². The molecule has 19 heavy (non-hydrogen) atoms. The summed E-state index contributed by atoms with van der Waals surface area (Å²) in [5.41, 5.74) is -0.161. The molecule has 7 heteroatoms. The number of nitrogens with zero attached hydrogens (tertiary/aromatic N) is 2. The van der Waals surface area contributed by atoms with Crippen LogP contribution in [0, 0.1) is 5.92 Å². The Hall–Kier alpha value is -1.79. The predicted octanol–water partition coefficient (Wildman–Crippen LogP) is 2.56. The summed E-state index contributed by atoms with van der Waals surface area (Å²) in [7, 11) is 0. The van der Waals surface area contributed by atoms with Gasteiger partial charge in [-0.2, -0.15) is 13.2 Å². The van der Waals surface area contributed by atoms with Crippen molar-refractivity contribution in [2.24, 2.45) is 5.92 Å². The molecule has 104 valence electrons. The Morgan fingerprint density at radius 3 is 2.79 bits per heavy atom. The van der Waals surface area contributed by atoms with E-state index in [0.717, 1.165) is 0 Å². The van der Waals surface area contributed by atoms with Gasteiger partial charge in [0.05, 0.1) is 5.92 Å². The molecule has 4 nitrogen and oxygen atoms in total. The number of piperidine rings is 1. The number of hydrogen-bond donors (Lipinski definition) is 1. The highest BCUT2D eigenvalue weighted by Crippen LogP contribution is 2.34. The zero-order chi connectivity index (χ0) is 14.0. The highest BCUT2D eigenvalue weighted by molar-refractivity contribution is 5.85. The van der Waals surface area contributed by atoms with E-state index in [-0.39, 0.29) is 24.5 Å². The fraction of sp³-hybridized carbons (Fsp3) is 0.500. The summed E-state index contributed by atoms with van der Waals surface area (Å²) in [5, 5.41) is 8.83. The number of carboxylic acid groups (broad SMARTS) is 1. The lowest BCUT2D eigenvalue weighted by Gasteiger charge is -2.34. The van der Waals surface area contributed by atoms with Gasteiger partial charge < -0.3 is 10.0 Å². The van der Waals surface area contributed by atoms with Crippen LogP contribution in [0.1, 0.15) is 23.3 Å². The Morgan fingerprint density at radius 1 is 1.42 bits per heavy atom. The minimum atomic E-state index is -4.22. The summed E-state index contributed by atoms with van der Waals surface area (Å²) in [6.07, 6.45) is -3.69. The quantitative estimate of drug-likeness (QED) is 0.900. The van der Waals surface area contributed by atoms with Gasteiger partial charge in [0.2, 0.25) is 0 Å². The molecule has 1 aromatic heterocycles. The Morgan fingerprint density at radius 2 is 2.16 bits per heavy atom. The van der Waals surface area contributed by atoms with Crippen molar-refractivity contribution in [2.75, 3.05) is 18.0 Å². The van der Waals surface area contributed by atoms with Gasteiger partial charge in [0.25, 0.3) is 0 Å². The SMILES string of the molecule is O=C(O)c1cccc(N2CCCC(C(F)(F)F)C2)n1. The van der Waals surface area contributed by atoms with Gasteiger partial charge in [-0.25, -0.2) is 9.78 Å². The number of anilines is 1. The van der Waals surface area contributed by atoms with Gasteiger partial charge in [0.1, 0.15) is 5.82 Å². The third kappa shape index (κ3) is 3.15. The lowest BCUT2D eigenvalue weighted by atomic mass is 9.97. The fourth-order valence-corrected chi connectivity index (χ4v) is 2.17. The maximum atomic E-state index is 12.7. The first-order valence-electron chi connectivity index (χ1n) is 5.90. The third-order valence-corrected chi connectivity index (χ3v) is 3.16. The summed E-state index contributed by atoms with van der Waals surface area (Å²) in [6.45, 7) is 0.294. The molecule has 0 saturated carbocycles. The average Bonchev–Trinajstić information content (AvgIpc) is 2.38. The van der Waals surface area contributed by atoms with Crippen LogP contribution in [0.15, 0.2) is 18.2 Å². The molecule has 1 unspecified atom stereocenters. The number of aromatic nitrogens is 1. The van der Waals surface area contributed by atoms with Crippen LogP contribution in [0.3, 0.4) is 0 Å². The van der Waals surface area contributed by atoms with Crippen molar-refractivity contribution in [3.63, 3.8) is 0 Å². The second-order valence-electron chi connectivity index (χ2n) is 4.51. The normalized spacial score (nSPS) is 20.4. The van der Waals surface area contributed by atoms with E-state index in [2.05, 4.69) is 4.98 Å². The van der Waals surface area contributed by atoms with Crippen molar-refractivity contribution in [3.05, 3.63) is 23.9 Å². The van der Waals surface area contributed by atoms with Gasteiger partial charge in [0, 0.05) is 13.1 Å². The Labute approximate surface area is 107 Å². The first-order chi connectivity index (χ1) is 8.88. The molecule has 2 rings (SSSR count). The van der Waals surface area contributed by atoms with Gasteiger partial charge in [-0.3, -0.25) is 0 Å². The van der Waals surface area contributed by atoms with Crippen molar-refractivity contribution < 1.29 is 23.1 Å². The van der Waals surface area contributed by atoms with Crippen LogP contribution < -0.4 is 4.90 Å². The number of halogens is 3. The molecular weight excluding hydrogens is 261 g/mol. The number of hydrogen-bond acceptors (Lipinski definition) is 3. The molecule has 2 heterocycles. The summed E-state index contributed by atoms with van der Waals surface area (Å²) in [6, 6.07) is 4.34. The molecule has 0 aromatic carbocycles. The van der Waals surface area contributed by atoms with Gasteiger partial charge in [-0.05, 0) is 25.0 Å². The van der Waals surface area contributed by atoms with Gasteiger partial charge in [-0.15, -0.1) is 0 Å². The lowest BCUT2D eigenvalue weighted by molar-refractivity contribution is -0.176. The molecule has 1 aliphatic rings. The van der Waals surface area contributed by atoms with Gasteiger partial charge in [-0.1, -0.05) is 6.07 Å². The molecule has 1 aliphatic heterocycles. The fourth-order valence-electron chi connectivity index (χ4n) is 2.17. The minimum Gasteiger partial charge on any atom is -0.477 e. The summed E-state index contributed by atoms with van der Waals surface area (Å²) in [4.78, 5) is 16.2. The molecule has 0 bridgehead atoms. The Balaban J connectivity index is 2.17. The van der Waals surface area contributed by atoms with Crippen molar-refractivity contribution in [1.82, 2.24) is 4.98 Å². The van der Waals surface area contributed by atoms with E-state index in [9.17, 15) is 18.0 Å². The van der Waals surface area contributed by atoms with Gasteiger partial charge in [0.15, 0.2) is 5.69 Å². The molecule has 0 spiro atoms. The summed E-state index contributed by atoms with van der Waals surface area (Å²) < 4.78 is 38.1. The van der Waals surface area contributed by atoms with Crippen LogP contribution in [0.25, 0.3) is 0 Å². The van der Waals surface area contributed by atoms with Crippen molar-refractivity contribution in [2.45, 2.75) is 19.0 Å². The van der Waals surface area contributed by atoms with Crippen LogP contribution in [0.2, 0.25) is 0 Å². The second-order valence-corrected chi connectivity index (χ2v) is 4.51. The number of alkyl halides is 3. The molecule has 1 saturated heterocycles. The van der Waals surface area contributed by atoms with Crippen LogP contribution in [-0.4, -0.2) is 35.3 Å². The predicted molar refractivity (Wildman–Crippen MR) is 62.2 cm³/mol. The summed E-state index contributed by atoms with van der Waals surface area (Å²) >= 11 is 0. The maximum Gasteiger partial charge on any atom is 0.393 e. The topological polar surface area (TPSA) is 53.4 Å². The second kappa shape index (κ2) is 5.07.